The number of benzene rings is 2. The van der Waals surface area contributed by atoms with Gasteiger partial charge in [0.15, 0.2) is 11.5 Å². The van der Waals surface area contributed by atoms with Gasteiger partial charge < -0.3 is 25.8 Å². The molecule has 2 aromatic carbocycles. The van der Waals surface area contributed by atoms with E-state index in [0.29, 0.717) is 42.9 Å². The van der Waals surface area contributed by atoms with E-state index < -0.39 is 27.7 Å². The number of hydrogen-bond acceptors (Lipinski definition) is 8. The number of esters is 1. The SMILES string of the molecule is CCOC(=O)CS(=O)(=O)N(CC=Cc1cccc(C(=N)N)c1)c1cc(Cl)c(OC2CCN(C(C)=N)CC2)c(C(N)=O)c1. The molecule has 0 radical (unpaired) electrons. The Balaban J connectivity index is 1.97. The summed E-state index contributed by atoms with van der Waals surface area (Å²) >= 11 is 6.56. The molecule has 0 saturated carbocycles. The molecule has 12 nitrogen and oxygen atoms in total. The van der Waals surface area contributed by atoms with Crippen LogP contribution in [-0.4, -0.2) is 75.0 Å². The predicted molar refractivity (Wildman–Crippen MR) is 163 cm³/mol. The van der Waals surface area contributed by atoms with Gasteiger partial charge in [0.1, 0.15) is 11.9 Å². The van der Waals surface area contributed by atoms with Gasteiger partial charge in [0.2, 0.25) is 10.0 Å². The van der Waals surface area contributed by atoms with E-state index in [-0.39, 0.29) is 47.1 Å². The van der Waals surface area contributed by atoms with Crippen LogP contribution in [0.15, 0.2) is 42.5 Å². The number of primary amides is 1. The molecule has 1 heterocycles. The van der Waals surface area contributed by atoms with Crippen LogP contribution in [0.1, 0.15) is 48.2 Å². The molecule has 6 N–H and O–H groups in total. The molecule has 3 rings (SSSR count). The zero-order valence-corrected chi connectivity index (χ0v) is 25.0. The van der Waals surface area contributed by atoms with Crippen molar-refractivity contribution in [2.75, 3.05) is 36.3 Å². The van der Waals surface area contributed by atoms with Crippen LogP contribution < -0.4 is 20.5 Å². The molecule has 2 aromatic rings. The number of likely N-dealkylation sites (tertiary alicyclic amines) is 1. The van der Waals surface area contributed by atoms with Crippen molar-refractivity contribution < 1.29 is 27.5 Å². The smallest absolute Gasteiger partial charge is 0.323 e. The summed E-state index contributed by atoms with van der Waals surface area (Å²) in [5, 5.41) is 15.4. The monoisotopic (exact) mass is 618 g/mol. The van der Waals surface area contributed by atoms with Crippen LogP contribution in [0.5, 0.6) is 5.75 Å². The number of nitrogens with zero attached hydrogens (tertiary/aromatic N) is 2. The molecule has 0 atom stereocenters. The third-order valence-electron chi connectivity index (χ3n) is 6.50. The molecule has 0 spiro atoms. The van der Waals surface area contributed by atoms with Crippen molar-refractivity contribution in [1.29, 1.82) is 10.8 Å². The average molecular weight is 619 g/mol. The topological polar surface area (TPSA) is 193 Å². The van der Waals surface area contributed by atoms with Gasteiger partial charge in [0.05, 0.1) is 35.3 Å². The minimum Gasteiger partial charge on any atom is -0.488 e. The minimum atomic E-state index is -4.31. The number of nitrogens with one attached hydrogen (secondary N) is 2. The van der Waals surface area contributed by atoms with Crippen molar-refractivity contribution >= 4 is 56.9 Å². The second-order valence-electron chi connectivity index (χ2n) is 9.59. The molecular formula is C28H35ClN6O6S. The molecule has 0 bridgehead atoms. The number of nitrogen functional groups attached to an aromatic ring is 1. The Morgan fingerprint density at radius 2 is 1.86 bits per heavy atom. The molecule has 1 saturated heterocycles. The molecule has 226 valence electrons. The number of amides is 1. The Bertz CT molecular complexity index is 1490. The fourth-order valence-electron chi connectivity index (χ4n) is 4.41. The summed E-state index contributed by atoms with van der Waals surface area (Å²) < 4.78 is 38.7. The van der Waals surface area contributed by atoms with Crippen molar-refractivity contribution in [2.45, 2.75) is 32.8 Å². The van der Waals surface area contributed by atoms with E-state index in [9.17, 15) is 18.0 Å². The van der Waals surface area contributed by atoms with E-state index in [2.05, 4.69) is 0 Å². The van der Waals surface area contributed by atoms with Gasteiger partial charge in [-0.25, -0.2) is 8.42 Å². The zero-order chi connectivity index (χ0) is 31.0. The molecule has 0 aromatic heterocycles. The fraction of sp³-hybridized carbons (Fsp3) is 0.357. The number of sulfonamides is 1. The molecule has 14 heteroatoms. The number of halogens is 1. The lowest BCUT2D eigenvalue weighted by Gasteiger charge is -2.33. The first-order chi connectivity index (χ1) is 19.8. The van der Waals surface area contributed by atoms with Gasteiger partial charge in [-0.2, -0.15) is 0 Å². The number of anilines is 1. The van der Waals surface area contributed by atoms with Crippen LogP contribution in [0.25, 0.3) is 6.08 Å². The summed E-state index contributed by atoms with van der Waals surface area (Å²) in [4.78, 5) is 26.6. The van der Waals surface area contributed by atoms with Crippen LogP contribution in [0.3, 0.4) is 0 Å². The number of hydrogen-bond donors (Lipinski definition) is 4. The van der Waals surface area contributed by atoms with Crippen LogP contribution in [0, 0.1) is 10.8 Å². The highest BCUT2D eigenvalue weighted by Gasteiger charge is 2.29. The molecule has 1 fully saturated rings. The summed E-state index contributed by atoms with van der Waals surface area (Å²) in [5.41, 5.74) is 12.3. The highest BCUT2D eigenvalue weighted by molar-refractivity contribution is 7.93. The van der Waals surface area contributed by atoms with E-state index >= 15 is 0 Å². The average Bonchev–Trinajstić information content (AvgIpc) is 2.92. The van der Waals surface area contributed by atoms with Gasteiger partial charge in [0.25, 0.3) is 5.91 Å². The maximum Gasteiger partial charge on any atom is 0.323 e. The first-order valence-electron chi connectivity index (χ1n) is 13.2. The van der Waals surface area contributed by atoms with E-state index in [1.165, 1.54) is 12.1 Å². The van der Waals surface area contributed by atoms with E-state index in [0.717, 1.165) is 4.31 Å². The van der Waals surface area contributed by atoms with Crippen molar-refractivity contribution in [1.82, 2.24) is 4.90 Å². The second kappa shape index (κ2) is 14.2. The quantitative estimate of drug-likeness (QED) is 0.158. The third-order valence-corrected chi connectivity index (χ3v) is 8.42. The first-order valence-corrected chi connectivity index (χ1v) is 15.2. The number of amidine groups is 2. The van der Waals surface area contributed by atoms with E-state index in [1.54, 1.807) is 50.3 Å². The Kier molecular flexibility index (Phi) is 10.9. The van der Waals surface area contributed by atoms with Gasteiger partial charge >= 0.3 is 5.97 Å². The number of rotatable bonds is 12. The molecule has 1 amide bonds. The van der Waals surface area contributed by atoms with Crippen LogP contribution in [0.4, 0.5) is 5.69 Å². The summed E-state index contributed by atoms with van der Waals surface area (Å²) in [7, 11) is -4.31. The molecule has 1 aliphatic rings. The lowest BCUT2D eigenvalue weighted by molar-refractivity contribution is -0.139. The number of piperidine rings is 1. The Morgan fingerprint density at radius 3 is 2.45 bits per heavy atom. The highest BCUT2D eigenvalue weighted by atomic mass is 35.5. The van der Waals surface area contributed by atoms with Crippen LogP contribution >= 0.6 is 11.6 Å². The molecular weight excluding hydrogens is 584 g/mol. The fourth-order valence-corrected chi connectivity index (χ4v) is 5.94. The van der Waals surface area contributed by atoms with Crippen molar-refractivity contribution in [2.24, 2.45) is 11.5 Å². The first kappa shape index (κ1) is 32.4. The van der Waals surface area contributed by atoms with Gasteiger partial charge in [0, 0.05) is 31.5 Å². The molecule has 1 aliphatic heterocycles. The minimum absolute atomic E-state index is 0.00170. The normalized spacial score (nSPS) is 14.0. The molecule has 0 aliphatic carbocycles. The van der Waals surface area contributed by atoms with Gasteiger partial charge in [-0.15, -0.1) is 0 Å². The largest absolute Gasteiger partial charge is 0.488 e. The van der Waals surface area contributed by atoms with E-state index in [1.807, 2.05) is 4.90 Å². The molecule has 0 unspecified atom stereocenters. The van der Waals surface area contributed by atoms with Crippen molar-refractivity contribution in [3.8, 4) is 5.75 Å². The van der Waals surface area contributed by atoms with Crippen LogP contribution in [-0.2, 0) is 19.6 Å². The van der Waals surface area contributed by atoms with E-state index in [4.69, 9.17) is 43.4 Å². The molecule has 42 heavy (non-hydrogen) atoms. The Hall–Kier alpha value is -4.10. The maximum atomic E-state index is 13.4. The summed E-state index contributed by atoms with van der Waals surface area (Å²) in [6.07, 6.45) is 4.06. The maximum absolute atomic E-state index is 13.4. The predicted octanol–water partition coefficient (Wildman–Crippen LogP) is 2.98. The number of carbonyl (C=O) groups excluding carboxylic acids is 2. The number of nitrogens with two attached hydrogens (primary N) is 2. The van der Waals surface area contributed by atoms with Crippen LogP contribution in [0.2, 0.25) is 5.02 Å². The summed E-state index contributed by atoms with van der Waals surface area (Å²) in [5.74, 6) is -2.37. The van der Waals surface area contributed by atoms with Crippen molar-refractivity contribution in [3.05, 3.63) is 64.2 Å². The van der Waals surface area contributed by atoms with Gasteiger partial charge in [-0.3, -0.25) is 24.7 Å². The Morgan fingerprint density at radius 1 is 1.17 bits per heavy atom. The lowest BCUT2D eigenvalue weighted by Crippen LogP contribution is -2.40. The lowest BCUT2D eigenvalue weighted by atomic mass is 10.1. The summed E-state index contributed by atoms with van der Waals surface area (Å²) in [6, 6.07) is 9.41. The van der Waals surface area contributed by atoms with Crippen molar-refractivity contribution in [3.63, 3.8) is 0 Å². The third kappa shape index (κ3) is 8.46. The highest BCUT2D eigenvalue weighted by Crippen LogP contribution is 2.36. The standard InChI is InChI=1S/C28H35ClN6O6S/c1-3-40-25(36)17-42(38,39)35(11-5-7-19-6-4-8-20(14-19)27(31)32)21-15-23(28(33)37)26(24(29)16-21)41-22-9-12-34(13-10-22)18(2)30/h4-8,14-16,22,30H,3,9-13,17H2,1-2H3,(H3,31,32)(H2,33,37). The number of carbonyl (C=O) groups is 2. The number of ether oxygens (including phenoxy) is 2. The Labute approximate surface area is 250 Å². The second-order valence-corrected chi connectivity index (χ2v) is 11.9. The van der Waals surface area contributed by atoms with Gasteiger partial charge in [-0.1, -0.05) is 42.0 Å². The van der Waals surface area contributed by atoms with Gasteiger partial charge in [-0.05, 0) is 37.6 Å². The zero-order valence-electron chi connectivity index (χ0n) is 23.4. The summed E-state index contributed by atoms with van der Waals surface area (Å²) in [6.45, 7) is 4.24.